The molecule has 2 aromatic rings. The van der Waals surface area contributed by atoms with Gasteiger partial charge < -0.3 is 10.0 Å². The first kappa shape index (κ1) is 14.4. The van der Waals surface area contributed by atoms with Gasteiger partial charge in [0.25, 0.3) is 5.91 Å². The second-order valence-electron chi connectivity index (χ2n) is 4.03. The summed E-state index contributed by atoms with van der Waals surface area (Å²) >= 11 is 10.5. The van der Waals surface area contributed by atoms with Crippen LogP contribution in [0.5, 0.6) is 5.75 Å². The highest BCUT2D eigenvalue weighted by Gasteiger charge is 2.14. The van der Waals surface area contributed by atoms with Crippen molar-refractivity contribution >= 4 is 44.8 Å². The number of carbonyl (C=O) groups excluding carboxylic acids is 1. The highest BCUT2D eigenvalue weighted by molar-refractivity contribution is 9.10. The molecular weight excluding hydrogens is 350 g/mol. The van der Waals surface area contributed by atoms with Crippen LogP contribution in [0.2, 0.25) is 4.34 Å². The van der Waals surface area contributed by atoms with E-state index in [0.29, 0.717) is 20.9 Å². The Bertz CT molecular complexity index is 614. The number of carbonyl (C=O) groups is 1. The summed E-state index contributed by atoms with van der Waals surface area (Å²) < 4.78 is 1.27. The minimum Gasteiger partial charge on any atom is -0.507 e. The van der Waals surface area contributed by atoms with Gasteiger partial charge in [-0.1, -0.05) is 11.6 Å². The summed E-state index contributed by atoms with van der Waals surface area (Å²) in [5.74, 6) is -0.0919. The predicted octanol–water partition coefficient (Wildman–Crippen LogP) is 4.14. The lowest BCUT2D eigenvalue weighted by molar-refractivity contribution is 0.0786. The topological polar surface area (TPSA) is 40.5 Å². The van der Waals surface area contributed by atoms with Crippen LogP contribution < -0.4 is 0 Å². The first-order valence-corrected chi connectivity index (χ1v) is 7.44. The zero-order valence-electron chi connectivity index (χ0n) is 10.1. The number of thiophene rings is 1. The largest absolute Gasteiger partial charge is 0.507 e. The van der Waals surface area contributed by atoms with E-state index in [1.807, 2.05) is 12.1 Å². The van der Waals surface area contributed by atoms with Crippen LogP contribution in [0.15, 0.2) is 34.8 Å². The van der Waals surface area contributed by atoms with Crippen molar-refractivity contribution in [3.05, 3.63) is 49.6 Å². The first-order valence-electron chi connectivity index (χ1n) is 5.45. The van der Waals surface area contributed by atoms with E-state index in [4.69, 9.17) is 11.6 Å². The first-order chi connectivity index (χ1) is 8.97. The lowest BCUT2D eigenvalue weighted by Crippen LogP contribution is -2.25. The zero-order valence-corrected chi connectivity index (χ0v) is 13.2. The molecule has 1 N–H and O–H groups in total. The van der Waals surface area contributed by atoms with Crippen LogP contribution in [0.4, 0.5) is 0 Å². The van der Waals surface area contributed by atoms with Crippen LogP contribution >= 0.6 is 38.9 Å². The van der Waals surface area contributed by atoms with Gasteiger partial charge in [0.2, 0.25) is 0 Å². The third kappa shape index (κ3) is 3.49. The molecule has 0 saturated carbocycles. The number of hydrogen-bond donors (Lipinski definition) is 1. The molecule has 0 spiro atoms. The lowest BCUT2D eigenvalue weighted by atomic mass is 10.2. The monoisotopic (exact) mass is 359 g/mol. The third-order valence-electron chi connectivity index (χ3n) is 2.56. The van der Waals surface area contributed by atoms with E-state index in [2.05, 4.69) is 15.9 Å². The van der Waals surface area contributed by atoms with Gasteiger partial charge in [-0.05, 0) is 46.3 Å². The number of phenols is 1. The summed E-state index contributed by atoms with van der Waals surface area (Å²) in [5.41, 5.74) is 0.450. The van der Waals surface area contributed by atoms with Crippen LogP contribution in [0.25, 0.3) is 0 Å². The van der Waals surface area contributed by atoms with E-state index in [9.17, 15) is 9.90 Å². The highest BCUT2D eigenvalue weighted by atomic mass is 79.9. The van der Waals surface area contributed by atoms with Crippen LogP contribution in [-0.2, 0) is 6.54 Å². The Hall–Kier alpha value is -1.04. The quantitative estimate of drug-likeness (QED) is 0.893. The van der Waals surface area contributed by atoms with Crippen molar-refractivity contribution in [3.8, 4) is 5.75 Å². The van der Waals surface area contributed by atoms with Gasteiger partial charge in [0.05, 0.1) is 15.4 Å². The van der Waals surface area contributed by atoms with Gasteiger partial charge in [-0.15, -0.1) is 11.3 Å². The smallest absolute Gasteiger partial charge is 0.254 e. The molecule has 2 rings (SSSR count). The number of amides is 1. The molecule has 1 aromatic heterocycles. The molecule has 1 aromatic carbocycles. The van der Waals surface area contributed by atoms with Crippen molar-refractivity contribution in [1.29, 1.82) is 0 Å². The molecule has 100 valence electrons. The number of rotatable bonds is 3. The van der Waals surface area contributed by atoms with Crippen molar-refractivity contribution in [2.45, 2.75) is 6.54 Å². The van der Waals surface area contributed by atoms with Gasteiger partial charge in [0, 0.05) is 17.5 Å². The lowest BCUT2D eigenvalue weighted by Gasteiger charge is -2.16. The van der Waals surface area contributed by atoms with Gasteiger partial charge >= 0.3 is 0 Å². The van der Waals surface area contributed by atoms with Gasteiger partial charge in [0.1, 0.15) is 5.75 Å². The molecule has 0 saturated heterocycles. The van der Waals surface area contributed by atoms with Gasteiger partial charge in [-0.2, -0.15) is 0 Å². The average molecular weight is 361 g/mol. The number of halogens is 2. The van der Waals surface area contributed by atoms with E-state index in [1.54, 1.807) is 24.1 Å². The molecule has 1 heterocycles. The molecule has 0 aliphatic rings. The zero-order chi connectivity index (χ0) is 14.0. The molecular formula is C13H11BrClNO2S. The number of hydrogen-bond acceptors (Lipinski definition) is 3. The van der Waals surface area contributed by atoms with Crippen molar-refractivity contribution in [2.75, 3.05) is 7.05 Å². The molecule has 0 atom stereocenters. The molecule has 1 amide bonds. The van der Waals surface area contributed by atoms with E-state index >= 15 is 0 Å². The van der Waals surface area contributed by atoms with Crippen LogP contribution in [0.1, 0.15) is 15.2 Å². The number of benzene rings is 1. The number of phenolic OH excluding ortho intramolecular Hbond substituents is 1. The Morgan fingerprint density at radius 1 is 1.42 bits per heavy atom. The summed E-state index contributed by atoms with van der Waals surface area (Å²) in [4.78, 5) is 14.8. The molecule has 0 unspecified atom stereocenters. The predicted molar refractivity (Wildman–Crippen MR) is 80.9 cm³/mol. The van der Waals surface area contributed by atoms with Crippen molar-refractivity contribution in [3.63, 3.8) is 0 Å². The molecule has 0 aliphatic carbocycles. The summed E-state index contributed by atoms with van der Waals surface area (Å²) in [6, 6.07) is 8.48. The van der Waals surface area contributed by atoms with E-state index in [-0.39, 0.29) is 11.7 Å². The number of nitrogens with zero attached hydrogens (tertiary/aromatic N) is 1. The van der Waals surface area contributed by atoms with Crippen LogP contribution in [-0.4, -0.2) is 23.0 Å². The van der Waals surface area contributed by atoms with Gasteiger partial charge in [-0.25, -0.2) is 0 Å². The Balaban J connectivity index is 2.12. The summed E-state index contributed by atoms with van der Waals surface area (Å²) in [6.07, 6.45) is 0. The minimum absolute atomic E-state index is 0.0541. The Labute approximate surface area is 128 Å². The molecule has 19 heavy (non-hydrogen) atoms. The fourth-order valence-corrected chi connectivity index (χ4v) is 3.00. The summed E-state index contributed by atoms with van der Waals surface area (Å²) in [6.45, 7) is 0.493. The maximum Gasteiger partial charge on any atom is 0.254 e. The fraction of sp³-hybridized carbons (Fsp3) is 0.154. The maximum atomic E-state index is 12.2. The van der Waals surface area contributed by atoms with Crippen LogP contribution in [0.3, 0.4) is 0 Å². The highest BCUT2D eigenvalue weighted by Crippen LogP contribution is 2.26. The Morgan fingerprint density at radius 3 is 2.74 bits per heavy atom. The van der Waals surface area contributed by atoms with E-state index in [1.165, 1.54) is 17.4 Å². The Morgan fingerprint density at radius 2 is 2.16 bits per heavy atom. The van der Waals surface area contributed by atoms with Crippen molar-refractivity contribution in [1.82, 2.24) is 4.90 Å². The molecule has 0 radical (unpaired) electrons. The van der Waals surface area contributed by atoms with Gasteiger partial charge in [-0.3, -0.25) is 4.79 Å². The molecule has 0 fully saturated rings. The summed E-state index contributed by atoms with van der Waals surface area (Å²) in [5, 5.41) is 9.59. The van der Waals surface area contributed by atoms with E-state index in [0.717, 1.165) is 4.88 Å². The molecule has 3 nitrogen and oxygen atoms in total. The third-order valence-corrected chi connectivity index (χ3v) is 4.45. The average Bonchev–Trinajstić information content (AvgIpc) is 2.77. The fourth-order valence-electron chi connectivity index (χ4n) is 1.61. The van der Waals surface area contributed by atoms with Gasteiger partial charge in [0.15, 0.2) is 0 Å². The second kappa shape index (κ2) is 5.94. The van der Waals surface area contributed by atoms with Crippen molar-refractivity contribution in [2.24, 2.45) is 0 Å². The second-order valence-corrected chi connectivity index (χ2v) is 6.69. The Kier molecular flexibility index (Phi) is 4.50. The number of aromatic hydroxyl groups is 1. The standard InChI is InChI=1S/C13H11BrClNO2S/c1-16(7-9-3-5-12(15)19-9)13(18)8-2-4-10(14)11(17)6-8/h2-6,17H,7H2,1H3. The molecule has 6 heteroatoms. The normalized spacial score (nSPS) is 10.5. The maximum absolute atomic E-state index is 12.2. The SMILES string of the molecule is CN(Cc1ccc(Cl)s1)C(=O)c1ccc(Br)c(O)c1. The van der Waals surface area contributed by atoms with Crippen LogP contribution in [0, 0.1) is 0 Å². The summed E-state index contributed by atoms with van der Waals surface area (Å²) in [7, 11) is 1.72. The molecule has 0 aliphatic heterocycles. The van der Waals surface area contributed by atoms with E-state index < -0.39 is 0 Å². The van der Waals surface area contributed by atoms with Crippen molar-refractivity contribution < 1.29 is 9.90 Å². The molecule has 0 bridgehead atoms. The minimum atomic E-state index is -0.146.